The zero-order chi connectivity index (χ0) is 18.7. The van der Waals surface area contributed by atoms with E-state index in [-0.39, 0.29) is 18.0 Å². The first kappa shape index (κ1) is 17.9. The van der Waals surface area contributed by atoms with Crippen LogP contribution in [-0.4, -0.2) is 22.2 Å². The zero-order valence-electron chi connectivity index (χ0n) is 14.5. The van der Waals surface area contributed by atoms with Gasteiger partial charge in [-0.25, -0.2) is 4.79 Å². The number of rotatable bonds is 6. The SMILES string of the molecule is CCCn1c(=O)c2sccc2n(CC(=O)Nc2ccccc2OC)c1=O. The molecule has 0 saturated carbocycles. The molecule has 3 rings (SSSR count). The van der Waals surface area contributed by atoms with Crippen molar-refractivity contribution in [3.05, 3.63) is 56.5 Å². The van der Waals surface area contributed by atoms with Crippen molar-refractivity contribution in [2.75, 3.05) is 12.4 Å². The van der Waals surface area contributed by atoms with Crippen LogP contribution in [0, 0.1) is 0 Å². The number of nitrogens with one attached hydrogen (secondary N) is 1. The summed E-state index contributed by atoms with van der Waals surface area (Å²) in [6.45, 7) is 2.02. The van der Waals surface area contributed by atoms with E-state index in [1.807, 2.05) is 6.92 Å². The summed E-state index contributed by atoms with van der Waals surface area (Å²) in [5.41, 5.74) is 0.227. The molecule has 0 aliphatic carbocycles. The minimum absolute atomic E-state index is 0.186. The van der Waals surface area contributed by atoms with Crippen LogP contribution in [0.15, 0.2) is 45.3 Å². The molecule has 0 saturated heterocycles. The summed E-state index contributed by atoms with van der Waals surface area (Å²) >= 11 is 1.27. The Bertz CT molecular complexity index is 1060. The van der Waals surface area contributed by atoms with Crippen molar-refractivity contribution in [1.29, 1.82) is 0 Å². The number of thiophene rings is 1. The van der Waals surface area contributed by atoms with Crippen molar-refractivity contribution in [3.8, 4) is 5.75 Å². The molecular formula is C18H19N3O4S. The Morgan fingerprint density at radius 3 is 2.69 bits per heavy atom. The molecule has 136 valence electrons. The number of ether oxygens (including phenoxy) is 1. The normalized spacial score (nSPS) is 10.8. The minimum atomic E-state index is -0.474. The number of carbonyl (C=O) groups excluding carboxylic acids is 1. The van der Waals surface area contributed by atoms with Crippen LogP contribution >= 0.6 is 11.3 Å². The number of methoxy groups -OCH3 is 1. The van der Waals surface area contributed by atoms with Crippen LogP contribution in [0.4, 0.5) is 5.69 Å². The molecule has 0 spiro atoms. The summed E-state index contributed by atoms with van der Waals surface area (Å²) in [6.07, 6.45) is 0.652. The Balaban J connectivity index is 1.98. The van der Waals surface area contributed by atoms with Crippen LogP contribution in [0.25, 0.3) is 10.2 Å². The van der Waals surface area contributed by atoms with Gasteiger partial charge in [0.2, 0.25) is 5.91 Å². The maximum absolute atomic E-state index is 12.7. The van der Waals surface area contributed by atoms with Gasteiger partial charge in [-0.1, -0.05) is 19.1 Å². The summed E-state index contributed by atoms with van der Waals surface area (Å²) < 4.78 is 8.22. The average Bonchev–Trinajstić information content (AvgIpc) is 3.12. The standard InChI is InChI=1S/C18H19N3O4S/c1-3-9-20-17(23)16-13(8-10-26-16)21(18(20)24)11-15(22)19-12-6-4-5-7-14(12)25-2/h4-8,10H,3,9,11H2,1-2H3,(H,19,22). The smallest absolute Gasteiger partial charge is 0.332 e. The Morgan fingerprint density at radius 2 is 1.96 bits per heavy atom. The van der Waals surface area contributed by atoms with Gasteiger partial charge in [0.1, 0.15) is 17.0 Å². The molecule has 0 bridgehead atoms. The maximum atomic E-state index is 12.7. The monoisotopic (exact) mass is 373 g/mol. The molecule has 7 nitrogen and oxygen atoms in total. The molecular weight excluding hydrogens is 354 g/mol. The number of hydrogen-bond donors (Lipinski definition) is 1. The van der Waals surface area contributed by atoms with Gasteiger partial charge in [-0.3, -0.25) is 18.7 Å². The fraction of sp³-hybridized carbons (Fsp3) is 0.278. The third kappa shape index (κ3) is 3.28. The van der Waals surface area contributed by atoms with Gasteiger partial charge in [-0.05, 0) is 30.0 Å². The quantitative estimate of drug-likeness (QED) is 0.719. The topological polar surface area (TPSA) is 82.3 Å². The van der Waals surface area contributed by atoms with E-state index in [1.165, 1.54) is 27.6 Å². The van der Waals surface area contributed by atoms with Crippen LogP contribution in [0.2, 0.25) is 0 Å². The number of nitrogens with zero attached hydrogens (tertiary/aromatic N) is 2. The first-order valence-electron chi connectivity index (χ1n) is 8.20. The fourth-order valence-electron chi connectivity index (χ4n) is 2.79. The number of amides is 1. The van der Waals surface area contributed by atoms with Crippen LogP contribution in [0.5, 0.6) is 5.75 Å². The van der Waals surface area contributed by atoms with Gasteiger partial charge in [0.05, 0.1) is 18.3 Å². The fourth-order valence-corrected chi connectivity index (χ4v) is 3.63. The van der Waals surface area contributed by atoms with Crippen molar-refractivity contribution >= 4 is 33.1 Å². The minimum Gasteiger partial charge on any atom is -0.495 e. The van der Waals surface area contributed by atoms with Gasteiger partial charge in [0.25, 0.3) is 5.56 Å². The van der Waals surface area contributed by atoms with Crippen LogP contribution in [0.3, 0.4) is 0 Å². The van der Waals surface area contributed by atoms with Gasteiger partial charge < -0.3 is 10.1 Å². The van der Waals surface area contributed by atoms with E-state index >= 15 is 0 Å². The Labute approximate surface area is 153 Å². The highest BCUT2D eigenvalue weighted by Crippen LogP contribution is 2.23. The van der Waals surface area contributed by atoms with Crippen molar-refractivity contribution in [2.45, 2.75) is 26.4 Å². The van der Waals surface area contributed by atoms with Gasteiger partial charge in [-0.2, -0.15) is 0 Å². The second-order valence-electron chi connectivity index (χ2n) is 5.71. The molecule has 3 aromatic rings. The third-order valence-corrected chi connectivity index (χ3v) is 4.86. The highest BCUT2D eigenvalue weighted by atomic mass is 32.1. The molecule has 0 atom stereocenters. The van der Waals surface area contributed by atoms with Crippen molar-refractivity contribution in [1.82, 2.24) is 9.13 Å². The zero-order valence-corrected chi connectivity index (χ0v) is 15.3. The first-order chi connectivity index (χ1) is 12.6. The molecule has 0 aliphatic rings. The van der Waals surface area contributed by atoms with E-state index in [1.54, 1.807) is 35.7 Å². The summed E-state index contributed by atoms with van der Waals surface area (Å²) in [5.74, 6) is 0.163. The molecule has 1 amide bonds. The van der Waals surface area contributed by atoms with E-state index in [4.69, 9.17) is 4.74 Å². The van der Waals surface area contributed by atoms with Gasteiger partial charge in [0, 0.05) is 6.54 Å². The van der Waals surface area contributed by atoms with E-state index in [0.717, 1.165) is 0 Å². The molecule has 1 N–H and O–H groups in total. The molecule has 8 heteroatoms. The van der Waals surface area contributed by atoms with Gasteiger partial charge in [0.15, 0.2) is 0 Å². The summed E-state index contributed by atoms with van der Waals surface area (Å²) in [4.78, 5) is 37.7. The number of carbonyl (C=O) groups is 1. The second-order valence-corrected chi connectivity index (χ2v) is 6.63. The maximum Gasteiger partial charge on any atom is 0.332 e. The molecule has 1 aromatic carbocycles. The lowest BCUT2D eigenvalue weighted by Crippen LogP contribution is -2.41. The van der Waals surface area contributed by atoms with Crippen molar-refractivity contribution in [3.63, 3.8) is 0 Å². The van der Waals surface area contributed by atoms with Gasteiger partial charge >= 0.3 is 5.69 Å². The number of fused-ring (bicyclic) bond motifs is 1. The molecule has 0 fully saturated rings. The number of hydrogen-bond acceptors (Lipinski definition) is 5. The Kier molecular flexibility index (Phi) is 5.22. The Hall–Kier alpha value is -2.87. The Morgan fingerprint density at radius 1 is 1.19 bits per heavy atom. The lowest BCUT2D eigenvalue weighted by atomic mass is 10.3. The highest BCUT2D eigenvalue weighted by Gasteiger charge is 2.16. The average molecular weight is 373 g/mol. The molecule has 0 aliphatic heterocycles. The second kappa shape index (κ2) is 7.57. The lowest BCUT2D eigenvalue weighted by Gasteiger charge is -2.13. The van der Waals surface area contributed by atoms with E-state index in [2.05, 4.69) is 5.32 Å². The number of aromatic nitrogens is 2. The summed E-state index contributed by atoms with van der Waals surface area (Å²) in [5, 5.41) is 4.50. The number of benzene rings is 1. The third-order valence-electron chi connectivity index (χ3n) is 3.97. The summed E-state index contributed by atoms with van der Waals surface area (Å²) in [7, 11) is 1.52. The highest BCUT2D eigenvalue weighted by molar-refractivity contribution is 7.17. The van der Waals surface area contributed by atoms with E-state index < -0.39 is 5.69 Å². The number of para-hydroxylation sites is 2. The summed E-state index contributed by atoms with van der Waals surface area (Å²) in [6, 6.07) is 8.73. The van der Waals surface area contributed by atoms with E-state index in [0.29, 0.717) is 34.6 Å². The predicted molar refractivity (Wildman–Crippen MR) is 102 cm³/mol. The predicted octanol–water partition coefficient (Wildman–Crippen LogP) is 2.28. The molecule has 2 heterocycles. The largest absolute Gasteiger partial charge is 0.495 e. The van der Waals surface area contributed by atoms with Crippen molar-refractivity contribution < 1.29 is 9.53 Å². The number of anilines is 1. The first-order valence-corrected chi connectivity index (χ1v) is 9.08. The van der Waals surface area contributed by atoms with Crippen LogP contribution in [-0.2, 0) is 17.9 Å². The van der Waals surface area contributed by atoms with Crippen LogP contribution in [0.1, 0.15) is 13.3 Å². The van der Waals surface area contributed by atoms with Crippen molar-refractivity contribution in [2.24, 2.45) is 0 Å². The molecule has 26 heavy (non-hydrogen) atoms. The molecule has 2 aromatic heterocycles. The van der Waals surface area contributed by atoms with Gasteiger partial charge in [-0.15, -0.1) is 11.3 Å². The van der Waals surface area contributed by atoms with E-state index in [9.17, 15) is 14.4 Å². The van der Waals surface area contributed by atoms with Crippen LogP contribution < -0.4 is 21.3 Å². The lowest BCUT2D eigenvalue weighted by molar-refractivity contribution is -0.116. The molecule has 0 unspecified atom stereocenters. The molecule has 0 radical (unpaired) electrons.